The Morgan fingerprint density at radius 3 is 2.92 bits per heavy atom. The highest BCUT2D eigenvalue weighted by atomic mass is 16.5. The molecule has 0 fully saturated rings. The molecule has 68 valence electrons. The van der Waals surface area contributed by atoms with E-state index < -0.39 is 0 Å². The molecule has 2 atom stereocenters. The van der Waals surface area contributed by atoms with E-state index in [-0.39, 0.29) is 18.0 Å². The summed E-state index contributed by atoms with van der Waals surface area (Å²) in [5.41, 5.74) is 2.24. The number of esters is 1. The van der Waals surface area contributed by atoms with Crippen LogP contribution in [0.3, 0.4) is 0 Å². The van der Waals surface area contributed by atoms with Crippen molar-refractivity contribution in [2.45, 2.75) is 20.0 Å². The van der Waals surface area contributed by atoms with E-state index in [1.807, 2.05) is 19.9 Å². The van der Waals surface area contributed by atoms with E-state index in [4.69, 9.17) is 4.74 Å². The summed E-state index contributed by atoms with van der Waals surface area (Å²) in [5.74, 6) is 0.0273. The average molecular weight is 176 g/mol. The first-order valence-corrected chi connectivity index (χ1v) is 4.42. The van der Waals surface area contributed by atoms with Crippen molar-refractivity contribution in [1.29, 1.82) is 0 Å². The number of hydrogen-bond donors (Lipinski definition) is 0. The van der Waals surface area contributed by atoms with Gasteiger partial charge >= 0.3 is 5.97 Å². The van der Waals surface area contributed by atoms with Crippen LogP contribution in [0.1, 0.15) is 13.8 Å². The van der Waals surface area contributed by atoms with Gasteiger partial charge in [-0.25, -0.2) is 4.79 Å². The Kier molecular flexibility index (Phi) is 1.83. The van der Waals surface area contributed by atoms with Crippen LogP contribution in [0, 0.1) is 5.92 Å². The van der Waals surface area contributed by atoms with Crippen molar-refractivity contribution >= 4 is 5.97 Å². The zero-order valence-corrected chi connectivity index (χ0v) is 7.78. The van der Waals surface area contributed by atoms with Crippen molar-refractivity contribution in [2.24, 2.45) is 5.92 Å². The zero-order chi connectivity index (χ0) is 9.42. The minimum absolute atomic E-state index is 0.0810. The van der Waals surface area contributed by atoms with Crippen LogP contribution in [-0.4, -0.2) is 12.1 Å². The summed E-state index contributed by atoms with van der Waals surface area (Å²) in [4.78, 5) is 11.1. The van der Waals surface area contributed by atoms with Crippen LogP contribution in [0.5, 0.6) is 0 Å². The highest BCUT2D eigenvalue weighted by molar-refractivity contribution is 5.84. The molecule has 0 saturated heterocycles. The standard InChI is InChI=1S/C11H12O2/c1-7-3-4-9-8(2)6-11(12)13-10(9)5-7/h3-6,9-10H,1-2H3. The van der Waals surface area contributed by atoms with Gasteiger partial charge in [0.25, 0.3) is 0 Å². The average Bonchev–Trinajstić information content (AvgIpc) is 2.02. The molecule has 1 aliphatic carbocycles. The smallest absolute Gasteiger partial charge is 0.331 e. The van der Waals surface area contributed by atoms with E-state index >= 15 is 0 Å². The van der Waals surface area contributed by atoms with Crippen LogP contribution < -0.4 is 0 Å². The number of ether oxygens (including phenoxy) is 1. The lowest BCUT2D eigenvalue weighted by molar-refractivity contribution is -0.143. The maximum atomic E-state index is 11.1. The van der Waals surface area contributed by atoms with E-state index in [1.165, 1.54) is 0 Å². The highest BCUT2D eigenvalue weighted by Gasteiger charge is 2.28. The topological polar surface area (TPSA) is 26.3 Å². The molecule has 0 N–H and O–H groups in total. The Bertz CT molecular complexity index is 334. The summed E-state index contributed by atoms with van der Waals surface area (Å²) in [6, 6.07) is 0. The van der Waals surface area contributed by atoms with Gasteiger partial charge in [-0.05, 0) is 19.9 Å². The number of carbonyl (C=O) groups is 1. The summed E-state index contributed by atoms with van der Waals surface area (Å²) in [5, 5.41) is 0. The quantitative estimate of drug-likeness (QED) is 0.527. The molecule has 0 aromatic heterocycles. The van der Waals surface area contributed by atoms with Gasteiger partial charge in [0.15, 0.2) is 0 Å². The molecular weight excluding hydrogens is 164 g/mol. The maximum Gasteiger partial charge on any atom is 0.331 e. The molecule has 0 amide bonds. The molecule has 0 saturated carbocycles. The molecule has 2 rings (SSSR count). The summed E-state index contributed by atoms with van der Waals surface area (Å²) >= 11 is 0. The lowest BCUT2D eigenvalue weighted by atomic mass is 9.87. The molecule has 1 aliphatic heterocycles. The van der Waals surface area contributed by atoms with Crippen LogP contribution in [0.25, 0.3) is 0 Å². The molecule has 2 nitrogen and oxygen atoms in total. The Morgan fingerprint density at radius 1 is 1.38 bits per heavy atom. The Hall–Kier alpha value is -1.31. The van der Waals surface area contributed by atoms with Gasteiger partial charge < -0.3 is 4.74 Å². The van der Waals surface area contributed by atoms with Crippen molar-refractivity contribution in [3.63, 3.8) is 0 Å². The van der Waals surface area contributed by atoms with Crippen molar-refractivity contribution in [3.8, 4) is 0 Å². The zero-order valence-electron chi connectivity index (χ0n) is 7.78. The Balaban J connectivity index is 2.34. The third kappa shape index (κ3) is 1.44. The monoisotopic (exact) mass is 176 g/mol. The lowest BCUT2D eigenvalue weighted by Crippen LogP contribution is -2.30. The Morgan fingerprint density at radius 2 is 2.15 bits per heavy atom. The summed E-state index contributed by atoms with van der Waals surface area (Å²) in [7, 11) is 0. The minimum atomic E-state index is -0.224. The van der Waals surface area contributed by atoms with Crippen molar-refractivity contribution in [1.82, 2.24) is 0 Å². The second-order valence-electron chi connectivity index (χ2n) is 3.59. The molecule has 1 heterocycles. The lowest BCUT2D eigenvalue weighted by Gasteiger charge is -2.29. The largest absolute Gasteiger partial charge is 0.454 e. The second kappa shape index (κ2) is 2.87. The van der Waals surface area contributed by atoms with Crippen molar-refractivity contribution in [2.75, 3.05) is 0 Å². The predicted molar refractivity (Wildman–Crippen MR) is 50.0 cm³/mol. The van der Waals surface area contributed by atoms with Crippen LogP contribution in [0.15, 0.2) is 35.5 Å². The molecule has 2 aliphatic rings. The van der Waals surface area contributed by atoms with Gasteiger partial charge in [-0.1, -0.05) is 23.3 Å². The van der Waals surface area contributed by atoms with E-state index in [9.17, 15) is 4.79 Å². The second-order valence-corrected chi connectivity index (χ2v) is 3.59. The number of carbonyl (C=O) groups excluding carboxylic acids is 1. The third-order valence-electron chi connectivity index (χ3n) is 2.47. The summed E-state index contributed by atoms with van der Waals surface area (Å²) in [6.07, 6.45) is 7.65. The molecule has 0 bridgehead atoms. The maximum absolute atomic E-state index is 11.1. The van der Waals surface area contributed by atoms with E-state index in [0.717, 1.165) is 11.1 Å². The number of allylic oxidation sites excluding steroid dienone is 2. The van der Waals surface area contributed by atoms with Crippen LogP contribution >= 0.6 is 0 Å². The third-order valence-corrected chi connectivity index (χ3v) is 2.47. The fourth-order valence-corrected chi connectivity index (χ4v) is 1.75. The minimum Gasteiger partial charge on any atom is -0.454 e. The molecule has 0 aromatic rings. The number of fused-ring (bicyclic) bond motifs is 1. The molecule has 0 spiro atoms. The van der Waals surface area contributed by atoms with Gasteiger partial charge in [0, 0.05) is 12.0 Å². The van der Waals surface area contributed by atoms with Gasteiger partial charge in [0.2, 0.25) is 0 Å². The van der Waals surface area contributed by atoms with Crippen molar-refractivity contribution < 1.29 is 9.53 Å². The van der Waals surface area contributed by atoms with E-state index in [2.05, 4.69) is 12.2 Å². The molecule has 0 radical (unpaired) electrons. The normalized spacial score (nSPS) is 31.7. The molecular formula is C11H12O2. The Labute approximate surface area is 77.6 Å². The SMILES string of the molecule is CC1=CC2OC(=O)C=C(C)C2C=C1. The van der Waals surface area contributed by atoms with Gasteiger partial charge in [0.05, 0.1) is 0 Å². The van der Waals surface area contributed by atoms with Crippen molar-refractivity contribution in [3.05, 3.63) is 35.5 Å². The molecule has 13 heavy (non-hydrogen) atoms. The molecule has 2 heteroatoms. The first kappa shape index (κ1) is 8.30. The van der Waals surface area contributed by atoms with Gasteiger partial charge in [-0.2, -0.15) is 0 Å². The number of rotatable bonds is 0. The molecule has 0 aromatic carbocycles. The van der Waals surface area contributed by atoms with Crippen LogP contribution in [0.2, 0.25) is 0 Å². The van der Waals surface area contributed by atoms with E-state index in [1.54, 1.807) is 6.08 Å². The summed E-state index contributed by atoms with van der Waals surface area (Å²) in [6.45, 7) is 3.98. The number of hydrogen-bond acceptors (Lipinski definition) is 2. The first-order chi connectivity index (χ1) is 6.16. The van der Waals surface area contributed by atoms with Gasteiger partial charge in [-0.15, -0.1) is 0 Å². The molecule has 2 unspecified atom stereocenters. The van der Waals surface area contributed by atoms with Crippen LogP contribution in [0.4, 0.5) is 0 Å². The summed E-state index contributed by atoms with van der Waals surface area (Å²) < 4.78 is 5.19. The fourth-order valence-electron chi connectivity index (χ4n) is 1.75. The fraction of sp³-hybridized carbons (Fsp3) is 0.364. The highest BCUT2D eigenvalue weighted by Crippen LogP contribution is 2.29. The van der Waals surface area contributed by atoms with Gasteiger partial charge in [-0.3, -0.25) is 0 Å². The van der Waals surface area contributed by atoms with Crippen LogP contribution in [-0.2, 0) is 9.53 Å². The van der Waals surface area contributed by atoms with Gasteiger partial charge in [0.1, 0.15) is 6.10 Å². The predicted octanol–water partition coefficient (Wildman–Crippen LogP) is 1.99. The van der Waals surface area contributed by atoms with E-state index in [0.29, 0.717) is 0 Å². The first-order valence-electron chi connectivity index (χ1n) is 4.42.